The van der Waals surface area contributed by atoms with Crippen LogP contribution < -0.4 is 4.90 Å². The van der Waals surface area contributed by atoms with Crippen LogP contribution >= 0.6 is 11.6 Å². The summed E-state index contributed by atoms with van der Waals surface area (Å²) in [6.07, 6.45) is 1.32. The first-order chi connectivity index (χ1) is 12.3. The van der Waals surface area contributed by atoms with Crippen LogP contribution in [-0.2, 0) is 14.3 Å². The molecule has 1 aliphatic heterocycles. The van der Waals surface area contributed by atoms with Crippen molar-refractivity contribution in [2.24, 2.45) is 0 Å². The molecule has 0 spiro atoms. The third kappa shape index (κ3) is 5.19. The predicted octanol–water partition coefficient (Wildman–Crippen LogP) is 2.41. The van der Waals surface area contributed by atoms with Gasteiger partial charge in [-0.25, -0.2) is 4.79 Å². The summed E-state index contributed by atoms with van der Waals surface area (Å²) >= 11 is 5.83. The Morgan fingerprint density at radius 3 is 2.50 bits per heavy atom. The van der Waals surface area contributed by atoms with E-state index in [1.54, 1.807) is 30.9 Å². The van der Waals surface area contributed by atoms with Crippen LogP contribution in [0.2, 0.25) is 5.02 Å². The smallest absolute Gasteiger partial charge is 0.331 e. The number of carbonyl (C=O) groups excluding carboxylic acids is 2. The van der Waals surface area contributed by atoms with Crippen molar-refractivity contribution < 1.29 is 19.2 Å². The second-order valence-electron chi connectivity index (χ2n) is 6.09. The fourth-order valence-electron chi connectivity index (χ4n) is 2.61. The highest BCUT2D eigenvalue weighted by molar-refractivity contribution is 6.30. The molecule has 2 rings (SSSR count). The van der Waals surface area contributed by atoms with Gasteiger partial charge < -0.3 is 14.5 Å². The van der Waals surface area contributed by atoms with E-state index in [1.807, 2.05) is 4.90 Å². The van der Waals surface area contributed by atoms with E-state index in [0.717, 1.165) is 5.57 Å². The van der Waals surface area contributed by atoms with Crippen molar-refractivity contribution in [3.05, 3.63) is 45.0 Å². The van der Waals surface area contributed by atoms with Gasteiger partial charge in [-0.2, -0.15) is 0 Å². The van der Waals surface area contributed by atoms with Gasteiger partial charge in [0, 0.05) is 43.3 Å². The number of ether oxygens (including phenoxy) is 1. The van der Waals surface area contributed by atoms with E-state index in [0.29, 0.717) is 36.9 Å². The minimum absolute atomic E-state index is 0.0621. The van der Waals surface area contributed by atoms with Crippen LogP contribution in [0.4, 0.5) is 11.4 Å². The average molecular weight is 382 g/mol. The third-order valence-electron chi connectivity index (χ3n) is 3.85. The summed E-state index contributed by atoms with van der Waals surface area (Å²) in [5.74, 6) is -0.834. The van der Waals surface area contributed by atoms with Crippen LogP contribution in [-0.4, -0.2) is 54.5 Å². The van der Waals surface area contributed by atoms with Crippen LogP contribution in [0.3, 0.4) is 0 Å². The van der Waals surface area contributed by atoms with E-state index in [1.165, 1.54) is 12.1 Å². The molecule has 0 radical (unpaired) electrons. The predicted molar refractivity (Wildman–Crippen MR) is 97.3 cm³/mol. The minimum Gasteiger partial charge on any atom is -0.452 e. The molecule has 0 unspecified atom stereocenters. The SMILES string of the molecule is CC(C)=CC(=O)OCC(=O)N1CCN(c2ccc(Cl)cc2[N+](=O)[O-])CC1. The zero-order valence-corrected chi connectivity index (χ0v) is 15.4. The van der Waals surface area contributed by atoms with Crippen molar-refractivity contribution in [2.45, 2.75) is 13.8 Å². The summed E-state index contributed by atoms with van der Waals surface area (Å²) in [5, 5.41) is 11.5. The lowest BCUT2D eigenvalue weighted by Gasteiger charge is -2.35. The summed E-state index contributed by atoms with van der Waals surface area (Å²) in [6, 6.07) is 4.53. The summed E-state index contributed by atoms with van der Waals surface area (Å²) in [6.45, 7) is 4.87. The molecule has 1 fully saturated rings. The van der Waals surface area contributed by atoms with Gasteiger partial charge in [0.05, 0.1) is 4.92 Å². The van der Waals surface area contributed by atoms with Gasteiger partial charge in [-0.3, -0.25) is 14.9 Å². The summed E-state index contributed by atoms with van der Waals surface area (Å²) in [5.41, 5.74) is 1.20. The molecule has 1 aromatic carbocycles. The molecule has 9 heteroatoms. The lowest BCUT2D eigenvalue weighted by atomic mass is 10.2. The maximum atomic E-state index is 12.1. The largest absolute Gasteiger partial charge is 0.452 e. The molecule has 0 N–H and O–H groups in total. The van der Waals surface area contributed by atoms with Crippen LogP contribution in [0.15, 0.2) is 29.8 Å². The van der Waals surface area contributed by atoms with E-state index in [9.17, 15) is 19.7 Å². The maximum absolute atomic E-state index is 12.1. The first kappa shape index (κ1) is 19.7. The Labute approximate surface area is 156 Å². The molecule has 0 bridgehead atoms. The van der Waals surface area contributed by atoms with E-state index >= 15 is 0 Å². The number of esters is 1. The van der Waals surface area contributed by atoms with Gasteiger partial charge >= 0.3 is 5.97 Å². The highest BCUT2D eigenvalue weighted by Crippen LogP contribution is 2.31. The normalized spacial score (nSPS) is 14.0. The topological polar surface area (TPSA) is 93.0 Å². The second kappa shape index (κ2) is 8.66. The summed E-state index contributed by atoms with van der Waals surface area (Å²) in [7, 11) is 0. The Balaban J connectivity index is 1.93. The van der Waals surface area contributed by atoms with Crippen molar-refractivity contribution in [1.29, 1.82) is 0 Å². The second-order valence-corrected chi connectivity index (χ2v) is 6.52. The van der Waals surface area contributed by atoms with Crippen LogP contribution in [0, 0.1) is 10.1 Å². The van der Waals surface area contributed by atoms with Crippen molar-refractivity contribution in [1.82, 2.24) is 4.90 Å². The lowest BCUT2D eigenvalue weighted by molar-refractivity contribution is -0.384. The molecule has 0 aliphatic carbocycles. The number of allylic oxidation sites excluding steroid dienone is 1. The Morgan fingerprint density at radius 1 is 1.27 bits per heavy atom. The number of rotatable bonds is 5. The molecule has 1 aliphatic rings. The number of nitrogens with zero attached hydrogens (tertiary/aromatic N) is 3. The number of amides is 1. The van der Waals surface area contributed by atoms with Crippen LogP contribution in [0.5, 0.6) is 0 Å². The molecule has 8 nitrogen and oxygen atoms in total. The summed E-state index contributed by atoms with van der Waals surface area (Å²) < 4.78 is 4.92. The summed E-state index contributed by atoms with van der Waals surface area (Å²) in [4.78, 5) is 37.8. The average Bonchev–Trinajstić information content (AvgIpc) is 2.59. The standard InChI is InChI=1S/C17H20ClN3O5/c1-12(2)9-17(23)26-11-16(22)20-7-5-19(6-8-20)14-4-3-13(18)10-15(14)21(24)25/h3-4,9-10H,5-8,11H2,1-2H3. The van der Waals surface area contributed by atoms with Gasteiger partial charge in [0.25, 0.3) is 11.6 Å². The van der Waals surface area contributed by atoms with Gasteiger partial charge in [-0.05, 0) is 26.0 Å². The van der Waals surface area contributed by atoms with Gasteiger partial charge in [-0.15, -0.1) is 0 Å². The number of halogens is 1. The number of carbonyl (C=O) groups is 2. The highest BCUT2D eigenvalue weighted by Gasteiger charge is 2.26. The fourth-order valence-corrected chi connectivity index (χ4v) is 2.77. The zero-order valence-electron chi connectivity index (χ0n) is 14.6. The van der Waals surface area contributed by atoms with Crippen LogP contribution in [0.25, 0.3) is 0 Å². The van der Waals surface area contributed by atoms with Crippen LogP contribution in [0.1, 0.15) is 13.8 Å². The molecule has 26 heavy (non-hydrogen) atoms. The molecule has 0 atom stereocenters. The molecule has 1 saturated heterocycles. The molecule has 1 aromatic rings. The molecule has 0 saturated carbocycles. The molecule has 140 valence electrons. The third-order valence-corrected chi connectivity index (χ3v) is 4.09. The molecule has 0 aromatic heterocycles. The number of piperazine rings is 1. The monoisotopic (exact) mass is 381 g/mol. The van der Waals surface area contributed by atoms with Crippen molar-refractivity contribution in [3.8, 4) is 0 Å². The number of benzene rings is 1. The maximum Gasteiger partial charge on any atom is 0.331 e. The molecule has 1 amide bonds. The van der Waals surface area contributed by atoms with Crippen molar-refractivity contribution >= 4 is 34.9 Å². The number of anilines is 1. The van der Waals surface area contributed by atoms with E-state index in [2.05, 4.69) is 0 Å². The van der Waals surface area contributed by atoms with E-state index < -0.39 is 10.9 Å². The molecular formula is C17H20ClN3O5. The molecule has 1 heterocycles. The Kier molecular flexibility index (Phi) is 6.57. The molecular weight excluding hydrogens is 362 g/mol. The zero-order chi connectivity index (χ0) is 19.3. The Bertz CT molecular complexity index is 738. The number of nitro groups is 1. The Hall–Kier alpha value is -2.61. The van der Waals surface area contributed by atoms with Gasteiger partial charge in [-0.1, -0.05) is 17.2 Å². The van der Waals surface area contributed by atoms with E-state index in [-0.39, 0.29) is 18.2 Å². The minimum atomic E-state index is -0.547. The first-order valence-electron chi connectivity index (χ1n) is 8.06. The Morgan fingerprint density at radius 2 is 1.92 bits per heavy atom. The first-order valence-corrected chi connectivity index (χ1v) is 8.44. The quantitative estimate of drug-likeness (QED) is 0.336. The number of hydrogen-bond acceptors (Lipinski definition) is 6. The lowest BCUT2D eigenvalue weighted by Crippen LogP contribution is -2.50. The van der Waals surface area contributed by atoms with Gasteiger partial charge in [0.1, 0.15) is 5.69 Å². The van der Waals surface area contributed by atoms with Crippen molar-refractivity contribution in [3.63, 3.8) is 0 Å². The van der Waals surface area contributed by atoms with Gasteiger partial charge in [0.15, 0.2) is 6.61 Å². The number of hydrogen-bond donors (Lipinski definition) is 0. The fraction of sp³-hybridized carbons (Fsp3) is 0.412. The van der Waals surface area contributed by atoms with E-state index in [4.69, 9.17) is 16.3 Å². The van der Waals surface area contributed by atoms with Crippen molar-refractivity contribution in [2.75, 3.05) is 37.7 Å². The number of nitro benzene ring substituents is 1. The highest BCUT2D eigenvalue weighted by atomic mass is 35.5. The van der Waals surface area contributed by atoms with Gasteiger partial charge in [0.2, 0.25) is 0 Å².